The van der Waals surface area contributed by atoms with E-state index in [0.717, 1.165) is 37.3 Å². The molecule has 0 saturated heterocycles. The van der Waals surface area contributed by atoms with Crippen molar-refractivity contribution in [1.29, 1.82) is 0 Å². The summed E-state index contributed by atoms with van der Waals surface area (Å²) in [5, 5.41) is 7.11. The van der Waals surface area contributed by atoms with Crippen molar-refractivity contribution in [3.05, 3.63) is 29.6 Å². The van der Waals surface area contributed by atoms with Gasteiger partial charge in [-0.3, -0.25) is 4.98 Å². The Balaban J connectivity index is 2.31. The number of aromatic nitrogens is 1. The zero-order chi connectivity index (χ0) is 13.2. The molecule has 0 unspecified atom stereocenters. The van der Waals surface area contributed by atoms with Crippen molar-refractivity contribution >= 4 is 6.21 Å². The first-order chi connectivity index (χ1) is 8.72. The van der Waals surface area contributed by atoms with Gasteiger partial charge in [-0.2, -0.15) is 0 Å². The second-order valence-electron chi connectivity index (χ2n) is 4.33. The van der Waals surface area contributed by atoms with Gasteiger partial charge in [-0.15, -0.1) is 0 Å². The van der Waals surface area contributed by atoms with E-state index in [0.29, 0.717) is 0 Å². The van der Waals surface area contributed by atoms with Gasteiger partial charge in [0.1, 0.15) is 7.11 Å². The van der Waals surface area contributed by atoms with Crippen LogP contribution in [0.25, 0.3) is 0 Å². The zero-order valence-electron chi connectivity index (χ0n) is 11.4. The fourth-order valence-corrected chi connectivity index (χ4v) is 1.52. The number of oxime groups is 1. The molecule has 0 amide bonds. The highest BCUT2D eigenvalue weighted by molar-refractivity contribution is 5.78. The molecule has 100 valence electrons. The highest BCUT2D eigenvalue weighted by atomic mass is 16.6. The molecule has 0 atom stereocenters. The average molecular weight is 250 g/mol. The van der Waals surface area contributed by atoms with Crippen molar-refractivity contribution in [3.8, 4) is 0 Å². The highest BCUT2D eigenvalue weighted by Gasteiger charge is 1.96. The first kappa shape index (κ1) is 14.6. The van der Waals surface area contributed by atoms with Gasteiger partial charge in [-0.1, -0.05) is 5.16 Å². The predicted molar refractivity (Wildman–Crippen MR) is 73.7 cm³/mol. The second-order valence-corrected chi connectivity index (χ2v) is 4.33. The molecule has 0 aliphatic carbocycles. The van der Waals surface area contributed by atoms with E-state index in [-0.39, 0.29) is 0 Å². The summed E-state index contributed by atoms with van der Waals surface area (Å²) in [6, 6.07) is 3.90. The topological polar surface area (TPSA) is 49.8 Å². The van der Waals surface area contributed by atoms with Gasteiger partial charge in [0, 0.05) is 12.7 Å². The molecule has 1 heterocycles. The molecule has 0 saturated carbocycles. The van der Waals surface area contributed by atoms with Crippen molar-refractivity contribution < 1.29 is 4.84 Å². The van der Waals surface area contributed by atoms with E-state index in [9.17, 15) is 0 Å². The number of hydrogen-bond donors (Lipinski definition) is 1. The Kier molecular flexibility index (Phi) is 6.98. The number of nitrogens with one attached hydrogen (secondary N) is 1. The molecule has 0 radical (unpaired) electrons. The maximum Gasteiger partial charge on any atom is 0.106 e. The van der Waals surface area contributed by atoms with Crippen molar-refractivity contribution in [1.82, 2.24) is 15.2 Å². The van der Waals surface area contributed by atoms with E-state index in [4.69, 9.17) is 0 Å². The van der Waals surface area contributed by atoms with Crippen LogP contribution in [0.5, 0.6) is 0 Å². The number of pyridine rings is 1. The molecule has 0 bridgehead atoms. The maximum atomic E-state index is 4.65. The van der Waals surface area contributed by atoms with E-state index in [2.05, 4.69) is 39.3 Å². The largest absolute Gasteiger partial charge is 0.399 e. The minimum atomic E-state index is 0.780. The summed E-state index contributed by atoms with van der Waals surface area (Å²) >= 11 is 0. The second kappa shape index (κ2) is 8.60. The van der Waals surface area contributed by atoms with Crippen LogP contribution >= 0.6 is 0 Å². The van der Waals surface area contributed by atoms with Crippen LogP contribution < -0.4 is 5.32 Å². The van der Waals surface area contributed by atoms with E-state index in [1.54, 1.807) is 12.4 Å². The van der Waals surface area contributed by atoms with Gasteiger partial charge in [0.25, 0.3) is 0 Å². The van der Waals surface area contributed by atoms with Gasteiger partial charge in [0.2, 0.25) is 0 Å². The number of nitrogens with zero attached hydrogens (tertiary/aromatic N) is 3. The molecule has 18 heavy (non-hydrogen) atoms. The summed E-state index contributed by atoms with van der Waals surface area (Å²) in [4.78, 5) is 11.1. The first-order valence-electron chi connectivity index (χ1n) is 6.09. The van der Waals surface area contributed by atoms with Crippen LogP contribution in [0.4, 0.5) is 0 Å². The summed E-state index contributed by atoms with van der Waals surface area (Å²) in [6.07, 6.45) is 4.60. The van der Waals surface area contributed by atoms with Crippen LogP contribution in [-0.4, -0.2) is 50.4 Å². The molecule has 0 fully saturated rings. The van der Waals surface area contributed by atoms with Gasteiger partial charge < -0.3 is 15.1 Å². The average Bonchev–Trinajstić information content (AvgIpc) is 2.36. The molecule has 1 aromatic heterocycles. The molecule has 0 spiro atoms. The molecule has 5 heteroatoms. The molecular formula is C13H22N4O. The lowest BCUT2D eigenvalue weighted by Crippen LogP contribution is -2.21. The Morgan fingerprint density at radius 1 is 1.50 bits per heavy atom. The molecule has 0 aromatic carbocycles. The first-order valence-corrected chi connectivity index (χ1v) is 6.09. The van der Waals surface area contributed by atoms with Crippen LogP contribution in [0.3, 0.4) is 0 Å². The van der Waals surface area contributed by atoms with E-state index in [1.165, 1.54) is 7.11 Å². The fourth-order valence-electron chi connectivity index (χ4n) is 1.52. The van der Waals surface area contributed by atoms with Crippen LogP contribution in [-0.2, 0) is 11.4 Å². The summed E-state index contributed by atoms with van der Waals surface area (Å²) in [6.45, 7) is 2.87. The SMILES string of the molecule is CO/N=C/c1ccnc(CNCCCN(C)C)c1. The van der Waals surface area contributed by atoms with Gasteiger partial charge >= 0.3 is 0 Å². The molecular weight excluding hydrogens is 228 g/mol. The Morgan fingerprint density at radius 3 is 3.06 bits per heavy atom. The number of rotatable bonds is 8. The summed E-state index contributed by atoms with van der Waals surface area (Å²) in [7, 11) is 5.70. The smallest absolute Gasteiger partial charge is 0.106 e. The third-order valence-corrected chi connectivity index (χ3v) is 2.41. The molecule has 5 nitrogen and oxygen atoms in total. The Morgan fingerprint density at radius 2 is 2.33 bits per heavy atom. The maximum absolute atomic E-state index is 4.65. The zero-order valence-corrected chi connectivity index (χ0v) is 11.4. The minimum absolute atomic E-state index is 0.780. The molecule has 1 rings (SSSR count). The lowest BCUT2D eigenvalue weighted by Gasteiger charge is -2.09. The third kappa shape index (κ3) is 6.32. The normalized spacial score (nSPS) is 11.3. The van der Waals surface area contributed by atoms with Crippen LogP contribution in [0.15, 0.2) is 23.5 Å². The van der Waals surface area contributed by atoms with Crippen molar-refractivity contribution in [2.24, 2.45) is 5.16 Å². The van der Waals surface area contributed by atoms with Crippen LogP contribution in [0.1, 0.15) is 17.7 Å². The molecule has 0 aliphatic rings. The summed E-state index contributed by atoms with van der Waals surface area (Å²) < 4.78 is 0. The Labute approximate surface area is 109 Å². The standard InChI is InChI=1S/C13H22N4O/c1-17(2)8-4-6-14-11-13-9-12(5-7-15-13)10-16-18-3/h5,7,9-10,14H,4,6,8,11H2,1-3H3/b16-10+. The van der Waals surface area contributed by atoms with Crippen molar-refractivity contribution in [2.45, 2.75) is 13.0 Å². The van der Waals surface area contributed by atoms with Gasteiger partial charge in [-0.25, -0.2) is 0 Å². The van der Waals surface area contributed by atoms with Crippen molar-refractivity contribution in [2.75, 3.05) is 34.3 Å². The van der Waals surface area contributed by atoms with Crippen molar-refractivity contribution in [3.63, 3.8) is 0 Å². The quantitative estimate of drug-likeness (QED) is 0.426. The highest BCUT2D eigenvalue weighted by Crippen LogP contribution is 1.99. The third-order valence-electron chi connectivity index (χ3n) is 2.41. The fraction of sp³-hybridized carbons (Fsp3) is 0.538. The lowest BCUT2D eigenvalue weighted by atomic mass is 10.2. The van der Waals surface area contributed by atoms with Gasteiger partial charge in [0.05, 0.1) is 11.9 Å². The van der Waals surface area contributed by atoms with E-state index < -0.39 is 0 Å². The van der Waals surface area contributed by atoms with Gasteiger partial charge in [0.15, 0.2) is 0 Å². The molecule has 1 aromatic rings. The summed E-state index contributed by atoms with van der Waals surface area (Å²) in [5.41, 5.74) is 2.01. The predicted octanol–water partition coefficient (Wildman–Crippen LogP) is 1.10. The Bertz CT molecular complexity index is 366. The van der Waals surface area contributed by atoms with E-state index >= 15 is 0 Å². The van der Waals surface area contributed by atoms with Gasteiger partial charge in [-0.05, 0) is 51.3 Å². The van der Waals surface area contributed by atoms with Crippen LogP contribution in [0.2, 0.25) is 0 Å². The Hall–Kier alpha value is -1.46. The minimum Gasteiger partial charge on any atom is -0.399 e. The molecule has 1 N–H and O–H groups in total. The van der Waals surface area contributed by atoms with E-state index in [1.807, 2.05) is 12.1 Å². The lowest BCUT2D eigenvalue weighted by molar-refractivity contribution is 0.215. The molecule has 0 aliphatic heterocycles. The summed E-state index contributed by atoms with van der Waals surface area (Å²) in [5.74, 6) is 0. The monoisotopic (exact) mass is 250 g/mol. The number of hydrogen-bond acceptors (Lipinski definition) is 5. The van der Waals surface area contributed by atoms with Crippen LogP contribution in [0, 0.1) is 0 Å².